The fourth-order valence-electron chi connectivity index (χ4n) is 2.14. The van der Waals surface area contributed by atoms with Crippen molar-refractivity contribution in [1.82, 2.24) is 10.6 Å². The van der Waals surface area contributed by atoms with Gasteiger partial charge in [0.25, 0.3) is 0 Å². The molecule has 2 N–H and O–H groups in total. The molecule has 1 heterocycles. The summed E-state index contributed by atoms with van der Waals surface area (Å²) in [5.41, 5.74) is 2.25. The molecule has 0 bridgehead atoms. The van der Waals surface area contributed by atoms with Crippen LogP contribution in [0.15, 0.2) is 16.6 Å². The highest BCUT2D eigenvalue weighted by Crippen LogP contribution is 2.32. The lowest BCUT2D eigenvalue weighted by Crippen LogP contribution is -2.27. The number of carbonyl (C=O) groups excluding carboxylic acids is 1. The van der Waals surface area contributed by atoms with Crippen molar-refractivity contribution in [2.75, 3.05) is 19.7 Å². The van der Waals surface area contributed by atoms with E-state index in [0.717, 1.165) is 41.9 Å². The third-order valence-electron chi connectivity index (χ3n) is 3.08. The van der Waals surface area contributed by atoms with Crippen LogP contribution in [0.3, 0.4) is 0 Å². The van der Waals surface area contributed by atoms with Crippen molar-refractivity contribution in [3.63, 3.8) is 0 Å². The predicted molar refractivity (Wildman–Crippen MR) is 78.3 cm³/mol. The summed E-state index contributed by atoms with van der Waals surface area (Å²) in [5.74, 6) is 1.00. The van der Waals surface area contributed by atoms with Gasteiger partial charge in [0.2, 0.25) is 5.91 Å². The van der Waals surface area contributed by atoms with Gasteiger partial charge in [-0.1, -0.05) is 22.9 Å². The standard InChI is InChI=1S/C14H19BrN2O2/c1-2-16-5-3-13(18)17-9-11-8-12(15)7-10-4-6-19-14(10)11/h7-8,16H,2-6,9H2,1H3,(H,17,18). The summed E-state index contributed by atoms with van der Waals surface area (Å²) < 4.78 is 6.67. The number of fused-ring (bicyclic) bond motifs is 1. The lowest BCUT2D eigenvalue weighted by atomic mass is 10.1. The Balaban J connectivity index is 1.91. The lowest BCUT2D eigenvalue weighted by Gasteiger charge is -2.10. The summed E-state index contributed by atoms with van der Waals surface area (Å²) in [6.45, 7) is 4.88. The molecule has 0 aromatic heterocycles. The summed E-state index contributed by atoms with van der Waals surface area (Å²) in [6, 6.07) is 4.09. The maximum Gasteiger partial charge on any atom is 0.221 e. The van der Waals surface area contributed by atoms with Gasteiger partial charge in [0.15, 0.2) is 0 Å². The number of amides is 1. The molecule has 1 aromatic carbocycles. The third kappa shape index (κ3) is 3.94. The van der Waals surface area contributed by atoms with Crippen LogP contribution in [-0.2, 0) is 17.8 Å². The van der Waals surface area contributed by atoms with E-state index in [1.54, 1.807) is 0 Å². The van der Waals surface area contributed by atoms with Gasteiger partial charge in [-0.3, -0.25) is 4.79 Å². The highest BCUT2D eigenvalue weighted by Gasteiger charge is 2.17. The van der Waals surface area contributed by atoms with E-state index >= 15 is 0 Å². The first-order chi connectivity index (χ1) is 9.20. The minimum Gasteiger partial charge on any atom is -0.493 e. The van der Waals surface area contributed by atoms with Crippen molar-refractivity contribution >= 4 is 21.8 Å². The number of carbonyl (C=O) groups is 1. The van der Waals surface area contributed by atoms with E-state index in [1.165, 1.54) is 5.56 Å². The van der Waals surface area contributed by atoms with E-state index in [4.69, 9.17) is 4.74 Å². The van der Waals surface area contributed by atoms with Crippen LogP contribution >= 0.6 is 15.9 Å². The SMILES string of the molecule is CCNCCC(=O)NCc1cc(Br)cc2c1OCC2. The van der Waals surface area contributed by atoms with Crippen LogP contribution < -0.4 is 15.4 Å². The van der Waals surface area contributed by atoms with E-state index in [0.29, 0.717) is 13.0 Å². The van der Waals surface area contributed by atoms with Gasteiger partial charge >= 0.3 is 0 Å². The van der Waals surface area contributed by atoms with Crippen molar-refractivity contribution in [1.29, 1.82) is 0 Å². The average Bonchev–Trinajstić information content (AvgIpc) is 2.84. The Kier molecular flexibility index (Phi) is 5.22. The maximum absolute atomic E-state index is 11.7. The molecule has 0 radical (unpaired) electrons. The molecule has 0 aliphatic carbocycles. The van der Waals surface area contributed by atoms with E-state index in [9.17, 15) is 4.79 Å². The van der Waals surface area contributed by atoms with Gasteiger partial charge in [0.05, 0.1) is 6.61 Å². The first kappa shape index (κ1) is 14.3. The summed E-state index contributed by atoms with van der Waals surface area (Å²) in [7, 11) is 0. The number of hydrogen-bond donors (Lipinski definition) is 2. The zero-order chi connectivity index (χ0) is 13.7. The zero-order valence-corrected chi connectivity index (χ0v) is 12.7. The molecule has 19 heavy (non-hydrogen) atoms. The van der Waals surface area contributed by atoms with Gasteiger partial charge < -0.3 is 15.4 Å². The maximum atomic E-state index is 11.7. The van der Waals surface area contributed by atoms with Crippen molar-refractivity contribution in [3.05, 3.63) is 27.7 Å². The minimum atomic E-state index is 0.0627. The van der Waals surface area contributed by atoms with Crippen LogP contribution in [0.25, 0.3) is 0 Å². The molecule has 104 valence electrons. The Morgan fingerprint density at radius 3 is 3.11 bits per heavy atom. The highest BCUT2D eigenvalue weighted by atomic mass is 79.9. The highest BCUT2D eigenvalue weighted by molar-refractivity contribution is 9.10. The Labute approximate surface area is 122 Å². The summed E-state index contributed by atoms with van der Waals surface area (Å²) in [5, 5.41) is 6.07. The van der Waals surface area contributed by atoms with E-state index in [-0.39, 0.29) is 5.91 Å². The second kappa shape index (κ2) is 6.91. The van der Waals surface area contributed by atoms with Crippen molar-refractivity contribution in [3.8, 4) is 5.75 Å². The molecule has 0 saturated carbocycles. The number of hydrogen-bond acceptors (Lipinski definition) is 3. The Hall–Kier alpha value is -1.07. The molecule has 0 unspecified atom stereocenters. The molecule has 1 aromatic rings. The fraction of sp³-hybridized carbons (Fsp3) is 0.500. The third-order valence-corrected chi connectivity index (χ3v) is 3.54. The smallest absolute Gasteiger partial charge is 0.221 e. The summed E-state index contributed by atoms with van der Waals surface area (Å²) in [6.07, 6.45) is 1.45. The lowest BCUT2D eigenvalue weighted by molar-refractivity contribution is -0.121. The van der Waals surface area contributed by atoms with Crippen LogP contribution in [-0.4, -0.2) is 25.6 Å². The average molecular weight is 327 g/mol. The van der Waals surface area contributed by atoms with Gasteiger partial charge in [-0.25, -0.2) is 0 Å². The van der Waals surface area contributed by atoms with Crippen LogP contribution in [0.4, 0.5) is 0 Å². The van der Waals surface area contributed by atoms with Crippen molar-refractivity contribution < 1.29 is 9.53 Å². The molecule has 4 nitrogen and oxygen atoms in total. The normalized spacial score (nSPS) is 12.9. The van der Waals surface area contributed by atoms with Crippen LogP contribution in [0, 0.1) is 0 Å². The van der Waals surface area contributed by atoms with Crippen LogP contribution in [0.5, 0.6) is 5.75 Å². The molecule has 2 rings (SSSR count). The molecule has 0 saturated heterocycles. The second-order valence-electron chi connectivity index (χ2n) is 4.53. The minimum absolute atomic E-state index is 0.0627. The number of nitrogens with one attached hydrogen (secondary N) is 2. The van der Waals surface area contributed by atoms with Crippen LogP contribution in [0.1, 0.15) is 24.5 Å². The molecule has 0 atom stereocenters. The Morgan fingerprint density at radius 1 is 1.47 bits per heavy atom. The van der Waals surface area contributed by atoms with Gasteiger partial charge in [0, 0.05) is 36.0 Å². The quantitative estimate of drug-likeness (QED) is 0.786. The van der Waals surface area contributed by atoms with E-state index < -0.39 is 0 Å². The summed E-state index contributed by atoms with van der Waals surface area (Å²) in [4.78, 5) is 11.7. The first-order valence-electron chi connectivity index (χ1n) is 6.62. The largest absolute Gasteiger partial charge is 0.493 e. The molecule has 5 heteroatoms. The van der Waals surface area contributed by atoms with Gasteiger partial charge in [-0.05, 0) is 24.2 Å². The number of halogens is 1. The monoisotopic (exact) mass is 326 g/mol. The van der Waals surface area contributed by atoms with Crippen molar-refractivity contribution in [2.24, 2.45) is 0 Å². The zero-order valence-electron chi connectivity index (χ0n) is 11.1. The number of rotatable bonds is 6. The fourth-order valence-corrected chi connectivity index (χ4v) is 2.69. The predicted octanol–water partition coefficient (Wildman–Crippen LogP) is 2.00. The molecule has 0 spiro atoms. The number of ether oxygens (including phenoxy) is 1. The van der Waals surface area contributed by atoms with Gasteiger partial charge in [-0.2, -0.15) is 0 Å². The second-order valence-corrected chi connectivity index (χ2v) is 5.45. The van der Waals surface area contributed by atoms with Gasteiger partial charge in [-0.15, -0.1) is 0 Å². The van der Waals surface area contributed by atoms with Gasteiger partial charge in [0.1, 0.15) is 5.75 Å². The molecular formula is C14H19BrN2O2. The molecule has 1 amide bonds. The first-order valence-corrected chi connectivity index (χ1v) is 7.41. The number of benzene rings is 1. The van der Waals surface area contributed by atoms with E-state index in [1.807, 2.05) is 13.0 Å². The molecular weight excluding hydrogens is 308 g/mol. The molecule has 0 fully saturated rings. The van der Waals surface area contributed by atoms with Crippen LogP contribution in [0.2, 0.25) is 0 Å². The van der Waals surface area contributed by atoms with Crippen molar-refractivity contribution in [2.45, 2.75) is 26.3 Å². The Bertz CT molecular complexity index is 463. The van der Waals surface area contributed by atoms with E-state index in [2.05, 4.69) is 32.6 Å². The Morgan fingerprint density at radius 2 is 2.32 bits per heavy atom. The molecule has 1 aliphatic heterocycles. The summed E-state index contributed by atoms with van der Waals surface area (Å²) >= 11 is 3.50. The topological polar surface area (TPSA) is 50.4 Å². The molecule has 1 aliphatic rings.